The zero-order valence-electron chi connectivity index (χ0n) is 12.2. The van der Waals surface area contributed by atoms with E-state index < -0.39 is 18.7 Å². The van der Waals surface area contributed by atoms with Crippen LogP contribution in [0.4, 0.5) is 4.79 Å². The van der Waals surface area contributed by atoms with E-state index >= 15 is 0 Å². The number of cyclic esters (lactones) is 1. The maximum atomic E-state index is 11.1. The lowest BCUT2D eigenvalue weighted by Gasteiger charge is -2.11. The number of ether oxygens (including phenoxy) is 2. The van der Waals surface area contributed by atoms with E-state index in [-0.39, 0.29) is 11.9 Å². The lowest BCUT2D eigenvalue weighted by atomic mass is 10.1. The first-order valence-corrected chi connectivity index (χ1v) is 5.01. The van der Waals surface area contributed by atoms with Gasteiger partial charge in [0.2, 0.25) is 0 Å². The largest absolute Gasteiger partial charge is 0.490 e. The van der Waals surface area contributed by atoms with Crippen LogP contribution in [-0.2, 0) is 4.74 Å². The molecule has 86 valence electrons. The normalized spacial score (nSPS) is 25.6. The van der Waals surface area contributed by atoms with Gasteiger partial charge in [-0.2, -0.15) is 0 Å². The van der Waals surface area contributed by atoms with Crippen LogP contribution in [-0.4, -0.2) is 25.3 Å². The molecule has 0 aromatic heterocycles. The summed E-state index contributed by atoms with van der Waals surface area (Å²) < 4.78 is 32.7. The molecule has 0 aliphatic carbocycles. The number of hydrogen-bond acceptors (Lipinski definition) is 3. The molecule has 1 fully saturated rings. The predicted octanol–water partition coefficient (Wildman–Crippen LogP) is 1.79. The monoisotopic (exact) mass is 224 g/mol. The topological polar surface area (TPSA) is 47.6 Å². The molecular formula is C12H15NO3. The van der Waals surface area contributed by atoms with Crippen LogP contribution in [0.3, 0.4) is 0 Å². The second-order valence-corrected chi connectivity index (χ2v) is 3.75. The van der Waals surface area contributed by atoms with E-state index in [1.54, 1.807) is 0 Å². The second-order valence-electron chi connectivity index (χ2n) is 3.75. The Kier molecular flexibility index (Phi) is 2.09. The Morgan fingerprint density at radius 3 is 2.81 bits per heavy atom. The molecule has 1 saturated heterocycles. The number of alkyl carbamates (subject to hydrolysis) is 1. The lowest BCUT2D eigenvalue weighted by Crippen LogP contribution is -2.21. The summed E-state index contributed by atoms with van der Waals surface area (Å²) in [6.45, 7) is 1.55. The Bertz CT molecular complexity index is 487. The standard InChI is InChI=1S/C12H15NO3/c1-8-3-9(2)5-10(4-8)15-7-11-6-13-12(14)16-11/h3-5,11H,6-7H2,1-2H3,(H,13,14)/i6D2/hD. The molecule has 1 amide bonds. The minimum absolute atomic E-state index is 0.128. The number of hydrogen-bond donors (Lipinski definition) is 1. The highest BCUT2D eigenvalue weighted by atomic mass is 16.6. The Hall–Kier alpha value is -1.71. The third-order valence-corrected chi connectivity index (χ3v) is 2.14. The van der Waals surface area contributed by atoms with Crippen molar-refractivity contribution in [2.75, 3.05) is 13.1 Å². The minimum atomic E-state index is -2.18. The van der Waals surface area contributed by atoms with Gasteiger partial charge in [0.05, 0.1) is 9.24 Å². The molecule has 0 bridgehead atoms. The van der Waals surface area contributed by atoms with Gasteiger partial charge in [0, 0.05) is 0 Å². The maximum absolute atomic E-state index is 11.1. The van der Waals surface area contributed by atoms with Gasteiger partial charge in [-0.25, -0.2) is 4.79 Å². The molecule has 0 spiro atoms. The van der Waals surface area contributed by atoms with E-state index in [1.807, 2.05) is 32.0 Å². The fourth-order valence-corrected chi connectivity index (χ4v) is 1.56. The molecule has 1 aliphatic rings. The highest BCUT2D eigenvalue weighted by Gasteiger charge is 2.22. The van der Waals surface area contributed by atoms with Crippen molar-refractivity contribution in [1.29, 1.82) is 0 Å². The van der Waals surface area contributed by atoms with Gasteiger partial charge in [-0.15, -0.1) is 0 Å². The average molecular weight is 224 g/mol. The summed E-state index contributed by atoms with van der Waals surface area (Å²) in [5, 5.41) is 0.197. The van der Waals surface area contributed by atoms with Crippen LogP contribution in [0, 0.1) is 13.8 Å². The number of amides is 1. The number of carbonyl (C=O) groups is 1. The SMILES string of the molecule is [2H]N1C(=O)OC(COc2cc(C)cc(C)c2)C1([2H])[2H]. The fourth-order valence-electron chi connectivity index (χ4n) is 1.56. The Morgan fingerprint density at radius 2 is 2.25 bits per heavy atom. The molecule has 1 aromatic carbocycles. The van der Waals surface area contributed by atoms with Crippen LogP contribution in [0.5, 0.6) is 5.75 Å². The van der Waals surface area contributed by atoms with Gasteiger partial charge in [0.15, 0.2) is 7.52 Å². The minimum Gasteiger partial charge on any atom is -0.490 e. The lowest BCUT2D eigenvalue weighted by molar-refractivity contribution is 0.105. The molecule has 4 nitrogen and oxygen atoms in total. The summed E-state index contributed by atoms with van der Waals surface area (Å²) in [5.74, 6) is 0.591. The van der Waals surface area contributed by atoms with Crippen molar-refractivity contribution in [1.82, 2.24) is 5.31 Å². The zero-order chi connectivity index (χ0) is 14.2. The molecule has 0 radical (unpaired) electrons. The molecule has 1 aromatic rings. The molecule has 1 N–H and O–H groups in total. The average Bonchev–Trinajstić information content (AvgIpc) is 2.49. The van der Waals surface area contributed by atoms with Gasteiger partial charge < -0.3 is 14.8 Å². The summed E-state index contributed by atoms with van der Waals surface area (Å²) >= 11 is 0. The third-order valence-electron chi connectivity index (χ3n) is 2.14. The Labute approximate surface area is 98.8 Å². The van der Waals surface area contributed by atoms with Crippen LogP contribution in [0.15, 0.2) is 18.2 Å². The first-order valence-electron chi connectivity index (χ1n) is 6.46. The van der Waals surface area contributed by atoms with Crippen LogP contribution >= 0.6 is 0 Å². The fraction of sp³-hybridized carbons (Fsp3) is 0.417. The summed E-state index contributed by atoms with van der Waals surface area (Å²) in [7, 11) is 0. The highest BCUT2D eigenvalue weighted by Crippen LogP contribution is 2.16. The van der Waals surface area contributed by atoms with Crippen molar-refractivity contribution < 1.29 is 18.4 Å². The first kappa shape index (κ1) is 7.54. The molecule has 1 aliphatic heterocycles. The molecule has 16 heavy (non-hydrogen) atoms. The van der Waals surface area contributed by atoms with Gasteiger partial charge >= 0.3 is 6.09 Å². The van der Waals surface area contributed by atoms with Crippen molar-refractivity contribution in [3.05, 3.63) is 29.3 Å². The first-order chi connectivity index (χ1) is 8.80. The zero-order valence-corrected chi connectivity index (χ0v) is 9.19. The summed E-state index contributed by atoms with van der Waals surface area (Å²) in [6, 6.07) is 5.63. The summed E-state index contributed by atoms with van der Waals surface area (Å²) in [5.41, 5.74) is 2.06. The molecular weight excluding hydrogens is 206 g/mol. The van der Waals surface area contributed by atoms with E-state index in [0.717, 1.165) is 11.1 Å². The van der Waals surface area contributed by atoms with E-state index in [2.05, 4.69) is 0 Å². The van der Waals surface area contributed by atoms with Gasteiger partial charge in [0.25, 0.3) is 0 Å². The van der Waals surface area contributed by atoms with Gasteiger partial charge in [-0.05, 0) is 37.1 Å². The maximum Gasteiger partial charge on any atom is 0.407 e. The van der Waals surface area contributed by atoms with Crippen molar-refractivity contribution >= 4 is 6.09 Å². The van der Waals surface area contributed by atoms with Gasteiger partial charge in [0.1, 0.15) is 12.4 Å². The van der Waals surface area contributed by atoms with E-state index in [0.29, 0.717) is 5.75 Å². The van der Waals surface area contributed by atoms with Crippen LogP contribution < -0.4 is 10.0 Å². The van der Waals surface area contributed by atoms with Gasteiger partial charge in [-0.3, -0.25) is 0 Å². The van der Waals surface area contributed by atoms with Crippen molar-refractivity contribution in [3.8, 4) is 5.75 Å². The Morgan fingerprint density at radius 1 is 1.56 bits per heavy atom. The number of carbonyl (C=O) groups excluding carboxylic acids is 1. The molecule has 1 unspecified atom stereocenters. The molecule has 4 heteroatoms. The van der Waals surface area contributed by atoms with E-state index in [1.165, 1.54) is 0 Å². The highest BCUT2D eigenvalue weighted by molar-refractivity contribution is 5.69. The number of benzene rings is 1. The van der Waals surface area contributed by atoms with Gasteiger partial charge in [-0.1, -0.05) is 6.07 Å². The molecule has 1 atom stereocenters. The quantitative estimate of drug-likeness (QED) is 0.851. The van der Waals surface area contributed by atoms with Crippen LogP contribution in [0.25, 0.3) is 0 Å². The predicted molar refractivity (Wildman–Crippen MR) is 59.7 cm³/mol. The number of aryl methyl sites for hydroxylation is 2. The summed E-state index contributed by atoms with van der Waals surface area (Å²) in [4.78, 5) is 11.1. The molecule has 1 heterocycles. The van der Waals surface area contributed by atoms with Crippen molar-refractivity contribution in [2.24, 2.45) is 0 Å². The van der Waals surface area contributed by atoms with Crippen molar-refractivity contribution in [3.63, 3.8) is 0 Å². The molecule has 0 saturated carbocycles. The number of rotatable bonds is 3. The van der Waals surface area contributed by atoms with Crippen LogP contribution in [0.2, 0.25) is 1.41 Å². The Balaban J connectivity index is 2.05. The van der Waals surface area contributed by atoms with E-state index in [4.69, 9.17) is 13.6 Å². The summed E-state index contributed by atoms with van der Waals surface area (Å²) in [6.07, 6.45) is -2.11. The van der Waals surface area contributed by atoms with Crippen LogP contribution in [0.1, 0.15) is 13.9 Å². The van der Waals surface area contributed by atoms with E-state index in [9.17, 15) is 4.79 Å². The second kappa shape index (κ2) is 4.43. The third kappa shape index (κ3) is 2.66. The smallest absolute Gasteiger partial charge is 0.407 e. The number of nitrogens with one attached hydrogen (secondary N) is 1. The molecule has 2 rings (SSSR count). The van der Waals surface area contributed by atoms with Crippen molar-refractivity contribution in [2.45, 2.75) is 20.0 Å².